The van der Waals surface area contributed by atoms with Gasteiger partial charge >= 0.3 is 5.97 Å². The number of methoxy groups -OCH3 is 2. The van der Waals surface area contributed by atoms with Crippen LogP contribution in [0.25, 0.3) is 0 Å². The van der Waals surface area contributed by atoms with Crippen molar-refractivity contribution in [3.63, 3.8) is 0 Å². The summed E-state index contributed by atoms with van der Waals surface area (Å²) < 4.78 is 10.3. The lowest BCUT2D eigenvalue weighted by Gasteiger charge is -2.19. The highest BCUT2D eigenvalue weighted by atomic mass is 16.6. The Morgan fingerprint density at radius 1 is 1.15 bits per heavy atom. The zero-order valence-electron chi connectivity index (χ0n) is 14.7. The Balaban J connectivity index is 2.32. The number of benzene rings is 2. The lowest BCUT2D eigenvalue weighted by molar-refractivity contribution is -0.384. The molecule has 0 spiro atoms. The summed E-state index contributed by atoms with van der Waals surface area (Å²) in [7, 11) is 2.91. The second kappa shape index (κ2) is 8.65. The molecule has 0 aliphatic heterocycles. The topological polar surface area (TPSA) is 128 Å². The van der Waals surface area contributed by atoms with Gasteiger partial charge in [0.05, 0.1) is 31.6 Å². The van der Waals surface area contributed by atoms with Crippen LogP contribution in [0.2, 0.25) is 0 Å². The van der Waals surface area contributed by atoms with Gasteiger partial charge in [0.25, 0.3) is 11.6 Å². The summed E-state index contributed by atoms with van der Waals surface area (Å²) in [5.41, 5.74) is 0.317. The second-order valence-corrected chi connectivity index (χ2v) is 5.55. The Labute approximate surface area is 154 Å². The van der Waals surface area contributed by atoms with Crippen LogP contribution in [0, 0.1) is 10.1 Å². The van der Waals surface area contributed by atoms with Gasteiger partial charge in [0.2, 0.25) is 0 Å². The van der Waals surface area contributed by atoms with Crippen LogP contribution in [-0.2, 0) is 4.79 Å². The molecule has 2 aromatic carbocycles. The van der Waals surface area contributed by atoms with E-state index in [2.05, 4.69) is 5.32 Å². The van der Waals surface area contributed by atoms with Gasteiger partial charge in [0.1, 0.15) is 0 Å². The highest BCUT2D eigenvalue weighted by molar-refractivity contribution is 5.95. The molecular formula is C18H18N2O7. The van der Waals surface area contributed by atoms with Crippen LogP contribution >= 0.6 is 0 Å². The molecule has 0 aromatic heterocycles. The SMILES string of the molecule is COc1ccc([C@H](CC(=O)O)NC(=O)c2cccc([N+](=O)[O-])c2)cc1OC. The van der Waals surface area contributed by atoms with Crippen molar-refractivity contribution in [1.82, 2.24) is 5.32 Å². The van der Waals surface area contributed by atoms with E-state index in [1.165, 1.54) is 32.4 Å². The minimum Gasteiger partial charge on any atom is -0.493 e. The summed E-state index contributed by atoms with van der Waals surface area (Å²) in [5, 5.41) is 22.6. The molecule has 9 nitrogen and oxygen atoms in total. The van der Waals surface area contributed by atoms with E-state index in [0.717, 1.165) is 6.07 Å². The first-order valence-corrected chi connectivity index (χ1v) is 7.84. The predicted octanol–water partition coefficient (Wildman–Crippen LogP) is 2.56. The standard InChI is InChI=1S/C18H18N2O7/c1-26-15-7-6-11(9-16(15)27-2)14(10-17(21)22)19-18(23)12-4-3-5-13(8-12)20(24)25/h3-9,14H,10H2,1-2H3,(H,19,23)(H,21,22)/t14-/m0/s1. The van der Waals surface area contributed by atoms with Crippen molar-refractivity contribution in [1.29, 1.82) is 0 Å². The molecule has 142 valence electrons. The highest BCUT2D eigenvalue weighted by Crippen LogP contribution is 2.31. The lowest BCUT2D eigenvalue weighted by atomic mass is 10.0. The highest BCUT2D eigenvalue weighted by Gasteiger charge is 2.21. The number of nitrogens with one attached hydrogen (secondary N) is 1. The third kappa shape index (κ3) is 4.94. The summed E-state index contributed by atoms with van der Waals surface area (Å²) in [4.78, 5) is 34.0. The van der Waals surface area contributed by atoms with E-state index in [1.54, 1.807) is 18.2 Å². The van der Waals surface area contributed by atoms with E-state index in [0.29, 0.717) is 17.1 Å². The van der Waals surface area contributed by atoms with E-state index in [4.69, 9.17) is 9.47 Å². The molecule has 0 unspecified atom stereocenters. The summed E-state index contributed by atoms with van der Waals surface area (Å²) in [5.74, 6) is -0.899. The van der Waals surface area contributed by atoms with Crippen LogP contribution in [0.4, 0.5) is 5.69 Å². The number of nitro benzene ring substituents is 1. The van der Waals surface area contributed by atoms with Gasteiger partial charge in [0, 0.05) is 17.7 Å². The number of carbonyl (C=O) groups excluding carboxylic acids is 1. The van der Waals surface area contributed by atoms with Crippen molar-refractivity contribution in [3.05, 3.63) is 63.7 Å². The van der Waals surface area contributed by atoms with E-state index >= 15 is 0 Å². The van der Waals surface area contributed by atoms with Gasteiger partial charge in [-0.25, -0.2) is 0 Å². The van der Waals surface area contributed by atoms with Crippen molar-refractivity contribution in [2.75, 3.05) is 14.2 Å². The van der Waals surface area contributed by atoms with Crippen molar-refractivity contribution >= 4 is 17.6 Å². The normalized spacial score (nSPS) is 11.3. The molecule has 0 bridgehead atoms. The Kier molecular flexibility index (Phi) is 6.32. The number of aliphatic carboxylic acids is 1. The van der Waals surface area contributed by atoms with Crippen LogP contribution in [0.5, 0.6) is 11.5 Å². The van der Waals surface area contributed by atoms with Gasteiger partial charge in [-0.15, -0.1) is 0 Å². The van der Waals surface area contributed by atoms with Crippen LogP contribution in [0.15, 0.2) is 42.5 Å². The summed E-state index contributed by atoms with van der Waals surface area (Å²) in [6.45, 7) is 0. The molecule has 2 aromatic rings. The fourth-order valence-electron chi connectivity index (χ4n) is 2.50. The molecule has 0 heterocycles. The average molecular weight is 374 g/mol. The lowest BCUT2D eigenvalue weighted by Crippen LogP contribution is -2.30. The quantitative estimate of drug-likeness (QED) is 0.537. The number of nitro groups is 1. The molecule has 0 fully saturated rings. The number of hydrogen-bond donors (Lipinski definition) is 2. The summed E-state index contributed by atoms with van der Waals surface area (Å²) >= 11 is 0. The van der Waals surface area contributed by atoms with Gasteiger partial charge in [-0.05, 0) is 23.8 Å². The third-order valence-electron chi connectivity index (χ3n) is 3.81. The molecule has 2 rings (SSSR count). The summed E-state index contributed by atoms with van der Waals surface area (Å²) in [6.07, 6.45) is -0.379. The Hall–Kier alpha value is -3.62. The van der Waals surface area contributed by atoms with E-state index in [-0.39, 0.29) is 17.7 Å². The van der Waals surface area contributed by atoms with Crippen LogP contribution in [-0.4, -0.2) is 36.1 Å². The maximum Gasteiger partial charge on any atom is 0.305 e. The first kappa shape index (κ1) is 19.7. The molecule has 27 heavy (non-hydrogen) atoms. The number of nitrogens with zero attached hydrogens (tertiary/aromatic N) is 1. The van der Waals surface area contributed by atoms with E-state index in [9.17, 15) is 24.8 Å². The molecular weight excluding hydrogens is 356 g/mol. The largest absolute Gasteiger partial charge is 0.493 e. The number of ether oxygens (including phenoxy) is 2. The van der Waals surface area contributed by atoms with Crippen molar-refractivity contribution in [3.8, 4) is 11.5 Å². The smallest absolute Gasteiger partial charge is 0.305 e. The minimum absolute atomic E-state index is 0.0556. The molecule has 1 atom stereocenters. The van der Waals surface area contributed by atoms with Crippen molar-refractivity contribution in [2.24, 2.45) is 0 Å². The van der Waals surface area contributed by atoms with E-state index < -0.39 is 22.8 Å². The molecule has 9 heteroatoms. The van der Waals surface area contributed by atoms with Gasteiger partial charge in [-0.2, -0.15) is 0 Å². The Morgan fingerprint density at radius 2 is 1.85 bits per heavy atom. The molecule has 2 N–H and O–H groups in total. The monoisotopic (exact) mass is 374 g/mol. The molecule has 0 saturated heterocycles. The van der Waals surface area contributed by atoms with Crippen molar-refractivity contribution < 1.29 is 29.1 Å². The predicted molar refractivity (Wildman–Crippen MR) is 95.1 cm³/mol. The van der Waals surface area contributed by atoms with Crippen molar-refractivity contribution in [2.45, 2.75) is 12.5 Å². The number of rotatable bonds is 8. The van der Waals surface area contributed by atoms with Gasteiger partial charge in [0.15, 0.2) is 11.5 Å². The Morgan fingerprint density at radius 3 is 2.44 bits per heavy atom. The zero-order chi connectivity index (χ0) is 20.0. The number of carbonyl (C=O) groups is 2. The van der Waals surface area contributed by atoms with Crippen LogP contribution in [0.3, 0.4) is 0 Å². The molecule has 0 radical (unpaired) electrons. The first-order valence-electron chi connectivity index (χ1n) is 7.84. The zero-order valence-corrected chi connectivity index (χ0v) is 14.7. The molecule has 1 amide bonds. The second-order valence-electron chi connectivity index (χ2n) is 5.55. The summed E-state index contributed by atoms with van der Waals surface area (Å²) in [6, 6.07) is 9.10. The number of amides is 1. The number of hydrogen-bond acceptors (Lipinski definition) is 6. The van der Waals surface area contributed by atoms with Gasteiger partial charge in [-0.1, -0.05) is 12.1 Å². The number of carboxylic acids is 1. The number of non-ortho nitro benzene ring substituents is 1. The fraction of sp³-hybridized carbons (Fsp3) is 0.222. The molecule has 0 aliphatic rings. The Bertz CT molecular complexity index is 867. The van der Waals surface area contributed by atoms with Gasteiger partial charge < -0.3 is 19.9 Å². The third-order valence-corrected chi connectivity index (χ3v) is 3.81. The fourth-order valence-corrected chi connectivity index (χ4v) is 2.50. The maximum absolute atomic E-state index is 12.5. The van der Waals surface area contributed by atoms with Crippen LogP contribution in [0.1, 0.15) is 28.4 Å². The molecule has 0 aliphatic carbocycles. The minimum atomic E-state index is -1.12. The first-order chi connectivity index (χ1) is 12.8. The number of carboxylic acid groups (broad SMARTS) is 1. The molecule has 0 saturated carbocycles. The van der Waals surface area contributed by atoms with Gasteiger partial charge in [-0.3, -0.25) is 19.7 Å². The maximum atomic E-state index is 12.5. The average Bonchev–Trinajstić information content (AvgIpc) is 2.66. The van der Waals surface area contributed by atoms with Crippen LogP contribution < -0.4 is 14.8 Å². The van der Waals surface area contributed by atoms with E-state index in [1.807, 2.05) is 0 Å².